The summed E-state index contributed by atoms with van der Waals surface area (Å²) < 4.78 is 0. The van der Waals surface area contributed by atoms with Crippen LogP contribution in [0.15, 0.2) is 0 Å². The molecule has 0 aliphatic rings. The van der Waals surface area contributed by atoms with Crippen molar-refractivity contribution in [3.05, 3.63) is 0 Å². The molecule has 0 amide bonds. The predicted octanol–water partition coefficient (Wildman–Crippen LogP) is -12.7. The first kappa shape index (κ1) is 23.9. The Labute approximate surface area is 140 Å². The van der Waals surface area contributed by atoms with Gasteiger partial charge in [-0.05, 0) is 0 Å². The third kappa shape index (κ3) is 9.67. The predicted molar refractivity (Wildman–Crippen MR) is 21.8 cm³/mol. The molecule has 0 aliphatic carbocycles. The van der Waals surface area contributed by atoms with Gasteiger partial charge in [-0.25, -0.2) is 15.0 Å². The number of hydrogen-bond acceptors (Lipinski definition) is 6. The Kier molecular flexibility index (Phi) is 21.0. The first-order valence-electron chi connectivity index (χ1n) is 1.95. The standard InChI is InChI=1S/C3H3N3O3.3Na.H2O/c7-1-4-2(8)6-3(9)5-1;;;;/h(H3,4,5,6,7,8,9);;;;1H2/q;3*+1;/p-3. The van der Waals surface area contributed by atoms with Gasteiger partial charge in [0.05, 0.1) is 18.0 Å². The Morgan fingerprint density at radius 2 is 0.769 bits per heavy atom. The van der Waals surface area contributed by atoms with Gasteiger partial charge in [-0.1, -0.05) is 0 Å². The van der Waals surface area contributed by atoms with Crippen LogP contribution in [0.25, 0.3) is 0 Å². The van der Waals surface area contributed by atoms with Crippen molar-refractivity contribution < 1.29 is 109 Å². The average molecular weight is 213 g/mol. The summed E-state index contributed by atoms with van der Waals surface area (Å²) in [5.41, 5.74) is 0. The largest absolute Gasteiger partial charge is 1.00 e. The minimum absolute atomic E-state index is 0. The molecule has 1 aromatic rings. The second-order valence-corrected chi connectivity index (χ2v) is 1.18. The summed E-state index contributed by atoms with van der Waals surface area (Å²) in [6.07, 6.45) is 0. The summed E-state index contributed by atoms with van der Waals surface area (Å²) in [5, 5.41) is 30.1. The Morgan fingerprint density at radius 1 is 0.615 bits per heavy atom. The minimum atomic E-state index is -1.08. The first-order valence-corrected chi connectivity index (χ1v) is 1.95. The van der Waals surface area contributed by atoms with Gasteiger partial charge in [-0.3, -0.25) is 0 Å². The zero-order valence-corrected chi connectivity index (χ0v) is 13.6. The van der Waals surface area contributed by atoms with Crippen LogP contribution in [0.5, 0.6) is 18.0 Å². The number of nitrogens with zero attached hydrogens (tertiary/aromatic N) is 3. The van der Waals surface area contributed by atoms with E-state index in [2.05, 4.69) is 15.0 Å². The molecule has 13 heavy (non-hydrogen) atoms. The second kappa shape index (κ2) is 11.4. The van der Waals surface area contributed by atoms with Gasteiger partial charge in [0, 0.05) is 0 Å². The van der Waals surface area contributed by atoms with E-state index in [1.165, 1.54) is 0 Å². The van der Waals surface area contributed by atoms with Crippen LogP contribution >= 0.6 is 0 Å². The zero-order chi connectivity index (χ0) is 6.85. The van der Waals surface area contributed by atoms with Crippen molar-refractivity contribution in [3.8, 4) is 18.0 Å². The van der Waals surface area contributed by atoms with E-state index < -0.39 is 18.0 Å². The van der Waals surface area contributed by atoms with E-state index in [0.717, 1.165) is 0 Å². The molecule has 56 valence electrons. The summed E-state index contributed by atoms with van der Waals surface area (Å²) in [4.78, 5) is 8.10. The van der Waals surface area contributed by atoms with Gasteiger partial charge in [0.15, 0.2) is 0 Å². The van der Waals surface area contributed by atoms with E-state index in [-0.39, 0.29) is 94.1 Å². The smallest absolute Gasteiger partial charge is 0.844 e. The van der Waals surface area contributed by atoms with Crippen molar-refractivity contribution in [3.63, 3.8) is 0 Å². The SMILES string of the molecule is O.[Na+].[Na+].[Na+].[O-]c1nc([O-])nc([O-])n1. The van der Waals surface area contributed by atoms with E-state index in [1.807, 2.05) is 0 Å². The minimum Gasteiger partial charge on any atom is -0.844 e. The fourth-order valence-corrected chi connectivity index (χ4v) is 0.320. The molecule has 0 spiro atoms. The van der Waals surface area contributed by atoms with Crippen LogP contribution in [0, 0.1) is 0 Å². The fourth-order valence-electron chi connectivity index (χ4n) is 0.320. The third-order valence-corrected chi connectivity index (χ3v) is 0.574. The number of rotatable bonds is 0. The van der Waals surface area contributed by atoms with Crippen molar-refractivity contribution >= 4 is 0 Å². The molecular formula is C3H2N3Na3O4. The molecule has 0 fully saturated rings. The van der Waals surface area contributed by atoms with Crippen molar-refractivity contribution in [1.29, 1.82) is 0 Å². The Hall–Kier alpha value is 1.37. The summed E-state index contributed by atoms with van der Waals surface area (Å²) in [6, 6.07) is -3.25. The van der Waals surface area contributed by atoms with E-state index in [1.54, 1.807) is 0 Å². The summed E-state index contributed by atoms with van der Waals surface area (Å²) in [6.45, 7) is 0. The van der Waals surface area contributed by atoms with Crippen LogP contribution in [0.1, 0.15) is 0 Å². The third-order valence-electron chi connectivity index (χ3n) is 0.574. The van der Waals surface area contributed by atoms with Crippen molar-refractivity contribution in [2.45, 2.75) is 0 Å². The second-order valence-electron chi connectivity index (χ2n) is 1.18. The maximum Gasteiger partial charge on any atom is 1.00 e. The molecule has 0 saturated heterocycles. The van der Waals surface area contributed by atoms with Gasteiger partial charge < -0.3 is 20.8 Å². The molecule has 10 heteroatoms. The molecule has 0 atom stereocenters. The molecule has 0 unspecified atom stereocenters. The van der Waals surface area contributed by atoms with Crippen LogP contribution in [0.2, 0.25) is 0 Å². The van der Waals surface area contributed by atoms with E-state index >= 15 is 0 Å². The average Bonchev–Trinajstić information content (AvgIpc) is 1.59. The maximum absolute atomic E-state index is 10.0. The van der Waals surface area contributed by atoms with Crippen LogP contribution in [-0.2, 0) is 0 Å². The number of hydrogen-bond donors (Lipinski definition) is 0. The number of aromatic nitrogens is 3. The Bertz CT molecular complexity index is 187. The van der Waals surface area contributed by atoms with Crippen molar-refractivity contribution in [1.82, 2.24) is 15.0 Å². The molecule has 1 rings (SSSR count). The summed E-state index contributed by atoms with van der Waals surface area (Å²) in [5.74, 6) is 0. The molecule has 0 saturated carbocycles. The topological polar surface area (TPSA) is 139 Å². The first-order chi connectivity index (χ1) is 4.18. The van der Waals surface area contributed by atoms with Gasteiger partial charge in [-0.15, -0.1) is 0 Å². The monoisotopic (exact) mass is 213 g/mol. The van der Waals surface area contributed by atoms with Crippen LogP contribution in [0.3, 0.4) is 0 Å². The van der Waals surface area contributed by atoms with Gasteiger partial charge >= 0.3 is 88.7 Å². The molecule has 0 bridgehead atoms. The van der Waals surface area contributed by atoms with Gasteiger partial charge in [0.2, 0.25) is 0 Å². The van der Waals surface area contributed by atoms with Crippen LogP contribution in [-0.4, -0.2) is 20.4 Å². The van der Waals surface area contributed by atoms with Gasteiger partial charge in [-0.2, -0.15) is 0 Å². The van der Waals surface area contributed by atoms with Gasteiger partial charge in [0.1, 0.15) is 0 Å². The normalized spacial score (nSPS) is 6.46. The molecule has 0 aliphatic heterocycles. The molecule has 2 N–H and O–H groups in total. The summed E-state index contributed by atoms with van der Waals surface area (Å²) in [7, 11) is 0. The molecule has 0 aromatic carbocycles. The molecular weight excluding hydrogens is 211 g/mol. The van der Waals surface area contributed by atoms with E-state index in [9.17, 15) is 15.3 Å². The zero-order valence-electron chi connectivity index (χ0n) is 7.57. The fraction of sp³-hybridized carbons (Fsp3) is 0. The van der Waals surface area contributed by atoms with Crippen molar-refractivity contribution in [2.24, 2.45) is 0 Å². The van der Waals surface area contributed by atoms with Crippen LogP contribution < -0.4 is 104 Å². The van der Waals surface area contributed by atoms with E-state index in [0.29, 0.717) is 0 Å². The quantitative estimate of drug-likeness (QED) is 0.392. The Balaban J connectivity index is -0.000000101. The molecule has 7 nitrogen and oxygen atoms in total. The summed E-state index contributed by atoms with van der Waals surface area (Å²) >= 11 is 0. The Morgan fingerprint density at radius 3 is 0.923 bits per heavy atom. The maximum atomic E-state index is 10.0. The van der Waals surface area contributed by atoms with Gasteiger partial charge in [0.25, 0.3) is 0 Å². The van der Waals surface area contributed by atoms with E-state index in [4.69, 9.17) is 0 Å². The molecule has 1 heterocycles. The van der Waals surface area contributed by atoms with Crippen molar-refractivity contribution in [2.75, 3.05) is 0 Å². The molecule has 0 radical (unpaired) electrons. The molecule has 1 aromatic heterocycles. The van der Waals surface area contributed by atoms with Crippen LogP contribution in [0.4, 0.5) is 0 Å².